The van der Waals surface area contributed by atoms with Gasteiger partial charge in [0.15, 0.2) is 6.10 Å². The van der Waals surface area contributed by atoms with Gasteiger partial charge in [0.25, 0.3) is 5.91 Å². The van der Waals surface area contributed by atoms with Crippen molar-refractivity contribution in [3.8, 4) is 22.6 Å². The highest BCUT2D eigenvalue weighted by Gasteiger charge is 2.29. The Balaban J connectivity index is 1.34. The number of aromatic nitrogens is 2. The lowest BCUT2D eigenvalue weighted by Crippen LogP contribution is -2.45. The maximum absolute atomic E-state index is 13.1. The molecule has 0 bridgehead atoms. The molecule has 1 aliphatic rings. The lowest BCUT2D eigenvalue weighted by molar-refractivity contribution is -0.140. The predicted molar refractivity (Wildman–Crippen MR) is 128 cm³/mol. The summed E-state index contributed by atoms with van der Waals surface area (Å²) in [6.07, 6.45) is 5.52. The number of carbonyl (C=O) groups is 1. The Labute approximate surface area is 194 Å². The third-order valence-corrected chi connectivity index (χ3v) is 6.10. The number of benzene rings is 1. The van der Waals surface area contributed by atoms with Crippen molar-refractivity contribution < 1.29 is 14.3 Å². The van der Waals surface area contributed by atoms with Gasteiger partial charge in [-0.15, -0.1) is 0 Å². The van der Waals surface area contributed by atoms with Crippen molar-refractivity contribution in [3.05, 3.63) is 66.6 Å². The van der Waals surface area contributed by atoms with E-state index in [2.05, 4.69) is 17.1 Å². The van der Waals surface area contributed by atoms with Crippen molar-refractivity contribution in [1.29, 1.82) is 0 Å². The quantitative estimate of drug-likeness (QED) is 0.582. The maximum atomic E-state index is 13.1. The van der Waals surface area contributed by atoms with Crippen LogP contribution < -0.4 is 15.2 Å². The zero-order valence-electron chi connectivity index (χ0n) is 19.1. The van der Waals surface area contributed by atoms with E-state index in [-0.39, 0.29) is 5.91 Å². The summed E-state index contributed by atoms with van der Waals surface area (Å²) in [6, 6.07) is 15.3. The van der Waals surface area contributed by atoms with E-state index in [1.807, 2.05) is 42.3 Å². The highest BCUT2D eigenvalue weighted by Crippen LogP contribution is 2.29. The van der Waals surface area contributed by atoms with E-state index in [0.717, 1.165) is 29.7 Å². The molecular formula is C26H30N4O3. The Kier molecular flexibility index (Phi) is 7.07. The fourth-order valence-corrected chi connectivity index (χ4v) is 4.14. The Morgan fingerprint density at radius 2 is 1.76 bits per heavy atom. The second kappa shape index (κ2) is 10.3. The van der Waals surface area contributed by atoms with Crippen LogP contribution in [0.25, 0.3) is 11.1 Å². The van der Waals surface area contributed by atoms with E-state index < -0.39 is 6.10 Å². The van der Waals surface area contributed by atoms with Crippen LogP contribution >= 0.6 is 0 Å². The van der Waals surface area contributed by atoms with E-state index >= 15 is 0 Å². The first-order valence-electron chi connectivity index (χ1n) is 11.3. The number of hydrogen-bond donors (Lipinski definition) is 1. The molecular weight excluding hydrogens is 416 g/mol. The SMILES string of the molecule is CC[C@@H](Oc1cccc(OC)c1)C(=O)N1CCC(c2ccc(-c3ccc(N)nc3)cn2)CC1. The van der Waals surface area contributed by atoms with Crippen LogP contribution in [0.2, 0.25) is 0 Å². The molecule has 1 amide bonds. The molecule has 1 aromatic carbocycles. The summed E-state index contributed by atoms with van der Waals surface area (Å²) < 4.78 is 11.2. The Hall–Kier alpha value is -3.61. The smallest absolute Gasteiger partial charge is 0.263 e. The van der Waals surface area contributed by atoms with E-state index in [1.54, 1.807) is 25.4 Å². The van der Waals surface area contributed by atoms with Gasteiger partial charge < -0.3 is 20.1 Å². The second-order valence-corrected chi connectivity index (χ2v) is 8.24. The number of nitrogen functional groups attached to an aromatic ring is 1. The number of methoxy groups -OCH3 is 1. The summed E-state index contributed by atoms with van der Waals surface area (Å²) in [7, 11) is 1.61. The van der Waals surface area contributed by atoms with Gasteiger partial charge in [0, 0.05) is 54.3 Å². The van der Waals surface area contributed by atoms with Gasteiger partial charge in [0.2, 0.25) is 0 Å². The molecule has 33 heavy (non-hydrogen) atoms. The first kappa shape index (κ1) is 22.6. The van der Waals surface area contributed by atoms with Gasteiger partial charge >= 0.3 is 0 Å². The highest BCUT2D eigenvalue weighted by molar-refractivity contribution is 5.81. The van der Waals surface area contributed by atoms with Crippen LogP contribution in [0.3, 0.4) is 0 Å². The van der Waals surface area contributed by atoms with Crippen LogP contribution in [0.4, 0.5) is 5.82 Å². The van der Waals surface area contributed by atoms with Gasteiger partial charge in [-0.2, -0.15) is 0 Å². The molecule has 3 heterocycles. The van der Waals surface area contributed by atoms with Gasteiger partial charge in [0.1, 0.15) is 17.3 Å². The number of likely N-dealkylation sites (tertiary alicyclic amines) is 1. The maximum Gasteiger partial charge on any atom is 0.263 e. The molecule has 1 saturated heterocycles. The molecule has 1 atom stereocenters. The molecule has 0 radical (unpaired) electrons. The lowest BCUT2D eigenvalue weighted by Gasteiger charge is -2.34. The predicted octanol–water partition coefficient (Wildman–Crippen LogP) is 4.30. The number of piperidine rings is 1. The highest BCUT2D eigenvalue weighted by atomic mass is 16.5. The van der Waals surface area contributed by atoms with Crippen LogP contribution in [0.15, 0.2) is 60.9 Å². The van der Waals surface area contributed by atoms with Gasteiger partial charge in [-0.25, -0.2) is 4.98 Å². The number of nitrogens with zero attached hydrogens (tertiary/aromatic N) is 3. The molecule has 0 aliphatic carbocycles. The molecule has 172 valence electrons. The number of ether oxygens (including phenoxy) is 2. The van der Waals surface area contributed by atoms with Crippen molar-refractivity contribution in [2.24, 2.45) is 0 Å². The Morgan fingerprint density at radius 1 is 1.06 bits per heavy atom. The van der Waals surface area contributed by atoms with Gasteiger partial charge in [0.05, 0.1) is 7.11 Å². The van der Waals surface area contributed by atoms with Crippen molar-refractivity contribution in [2.75, 3.05) is 25.9 Å². The summed E-state index contributed by atoms with van der Waals surface area (Å²) in [6.45, 7) is 3.37. The molecule has 7 nitrogen and oxygen atoms in total. The van der Waals surface area contributed by atoms with Crippen LogP contribution in [-0.2, 0) is 4.79 Å². The van der Waals surface area contributed by atoms with Crippen molar-refractivity contribution in [1.82, 2.24) is 14.9 Å². The topological polar surface area (TPSA) is 90.6 Å². The molecule has 1 fully saturated rings. The van der Waals surface area contributed by atoms with Crippen molar-refractivity contribution >= 4 is 11.7 Å². The van der Waals surface area contributed by atoms with Gasteiger partial charge in [-0.1, -0.05) is 19.1 Å². The molecule has 7 heteroatoms. The van der Waals surface area contributed by atoms with Crippen LogP contribution in [0.5, 0.6) is 11.5 Å². The second-order valence-electron chi connectivity index (χ2n) is 8.24. The first-order valence-corrected chi connectivity index (χ1v) is 11.3. The van der Waals surface area contributed by atoms with E-state index in [4.69, 9.17) is 20.2 Å². The van der Waals surface area contributed by atoms with Gasteiger partial charge in [-0.3, -0.25) is 9.78 Å². The fourth-order valence-electron chi connectivity index (χ4n) is 4.14. The first-order chi connectivity index (χ1) is 16.1. The number of anilines is 1. The summed E-state index contributed by atoms with van der Waals surface area (Å²) in [4.78, 5) is 23.9. The number of rotatable bonds is 7. The lowest BCUT2D eigenvalue weighted by atomic mass is 9.92. The number of amides is 1. The monoisotopic (exact) mass is 446 g/mol. The number of nitrogens with two attached hydrogens (primary N) is 1. The summed E-state index contributed by atoms with van der Waals surface area (Å²) >= 11 is 0. The summed E-state index contributed by atoms with van der Waals surface area (Å²) in [5, 5.41) is 0. The molecule has 2 aromatic heterocycles. The molecule has 0 unspecified atom stereocenters. The summed E-state index contributed by atoms with van der Waals surface area (Å²) in [5.41, 5.74) is 8.74. The third kappa shape index (κ3) is 5.42. The molecule has 1 aliphatic heterocycles. The number of hydrogen-bond acceptors (Lipinski definition) is 6. The van der Waals surface area contributed by atoms with E-state index in [9.17, 15) is 4.79 Å². The normalized spacial score (nSPS) is 15.2. The largest absolute Gasteiger partial charge is 0.497 e. The van der Waals surface area contributed by atoms with Gasteiger partial charge in [-0.05, 0) is 49.6 Å². The molecule has 0 spiro atoms. The van der Waals surface area contributed by atoms with E-state index in [0.29, 0.717) is 42.7 Å². The Bertz CT molecular complexity index is 1060. The minimum atomic E-state index is -0.500. The minimum absolute atomic E-state index is 0.0397. The average Bonchev–Trinajstić information content (AvgIpc) is 2.87. The molecule has 0 saturated carbocycles. The van der Waals surface area contributed by atoms with E-state index in [1.165, 1.54) is 0 Å². The standard InChI is InChI=1S/C26H30N4O3/c1-3-24(33-22-6-4-5-21(15-22)32-2)26(31)30-13-11-18(12-14-30)23-9-7-19(16-28-23)20-8-10-25(27)29-17-20/h4-10,15-18,24H,3,11-14H2,1-2H3,(H2,27,29)/t24-/m1/s1. The van der Waals surface area contributed by atoms with Crippen LogP contribution in [0.1, 0.15) is 37.8 Å². The summed E-state index contributed by atoms with van der Waals surface area (Å²) in [5.74, 6) is 2.24. The van der Waals surface area contributed by atoms with Crippen LogP contribution in [0, 0.1) is 0 Å². The van der Waals surface area contributed by atoms with Crippen molar-refractivity contribution in [3.63, 3.8) is 0 Å². The fraction of sp³-hybridized carbons (Fsp3) is 0.346. The van der Waals surface area contributed by atoms with Crippen molar-refractivity contribution in [2.45, 2.75) is 38.2 Å². The van der Waals surface area contributed by atoms with Crippen LogP contribution in [-0.4, -0.2) is 47.1 Å². The number of carbonyl (C=O) groups excluding carboxylic acids is 1. The molecule has 4 rings (SSSR count). The number of pyridine rings is 2. The molecule has 3 aromatic rings. The zero-order chi connectivity index (χ0) is 23.2. The molecule has 2 N–H and O–H groups in total. The average molecular weight is 447 g/mol. The zero-order valence-corrected chi connectivity index (χ0v) is 19.1. The third-order valence-electron chi connectivity index (χ3n) is 6.10. The Morgan fingerprint density at radius 3 is 2.36 bits per heavy atom. The minimum Gasteiger partial charge on any atom is -0.497 e.